The van der Waals surface area contributed by atoms with Crippen LogP contribution in [-0.4, -0.2) is 10.8 Å². The second-order valence-electron chi connectivity index (χ2n) is 3.67. The summed E-state index contributed by atoms with van der Waals surface area (Å²) < 4.78 is 13.6. The van der Waals surface area contributed by atoms with Gasteiger partial charge in [0.15, 0.2) is 5.78 Å². The number of halogens is 2. The maximum atomic E-state index is 13.6. The summed E-state index contributed by atoms with van der Waals surface area (Å²) in [6.07, 6.45) is 2.81. The van der Waals surface area contributed by atoms with Crippen LogP contribution in [0.1, 0.15) is 21.5 Å². The molecule has 2 nitrogen and oxygen atoms in total. The van der Waals surface area contributed by atoms with Gasteiger partial charge in [0.2, 0.25) is 0 Å². The number of carbonyl (C=O) groups is 1. The lowest BCUT2D eigenvalue weighted by Crippen LogP contribution is -2.05. The summed E-state index contributed by atoms with van der Waals surface area (Å²) in [4.78, 5) is 15.9. The maximum Gasteiger partial charge on any atom is 0.197 e. The van der Waals surface area contributed by atoms with Crippen molar-refractivity contribution in [3.8, 4) is 0 Å². The minimum Gasteiger partial charge on any atom is -0.288 e. The van der Waals surface area contributed by atoms with Gasteiger partial charge in [-0.3, -0.25) is 9.78 Å². The van der Waals surface area contributed by atoms with Crippen molar-refractivity contribution in [3.63, 3.8) is 0 Å². The molecule has 0 N–H and O–H groups in total. The van der Waals surface area contributed by atoms with Gasteiger partial charge in [0.25, 0.3) is 0 Å². The van der Waals surface area contributed by atoms with Gasteiger partial charge in [-0.25, -0.2) is 4.39 Å². The molecule has 2 rings (SSSR count). The molecule has 17 heavy (non-hydrogen) atoms. The standard InChI is InChI=1S/C13H9ClFNO/c1-8-2-3-12(15)10(6-8)13(17)9-4-5-16-7-11(9)14/h2-7H,1H3. The van der Waals surface area contributed by atoms with Crippen molar-refractivity contribution in [2.75, 3.05) is 0 Å². The molecule has 1 heterocycles. The Morgan fingerprint density at radius 3 is 2.76 bits per heavy atom. The molecule has 0 spiro atoms. The van der Waals surface area contributed by atoms with Crippen LogP contribution in [0.25, 0.3) is 0 Å². The van der Waals surface area contributed by atoms with E-state index >= 15 is 0 Å². The third-order valence-corrected chi connectivity index (χ3v) is 2.68. The molecule has 1 aromatic carbocycles. The van der Waals surface area contributed by atoms with E-state index < -0.39 is 11.6 Å². The van der Waals surface area contributed by atoms with E-state index in [9.17, 15) is 9.18 Å². The number of aryl methyl sites for hydroxylation is 1. The lowest BCUT2D eigenvalue weighted by atomic mass is 10.0. The lowest BCUT2D eigenvalue weighted by Gasteiger charge is -2.05. The largest absolute Gasteiger partial charge is 0.288 e. The van der Waals surface area contributed by atoms with Crippen LogP contribution < -0.4 is 0 Å². The van der Waals surface area contributed by atoms with Gasteiger partial charge in [0.1, 0.15) is 5.82 Å². The van der Waals surface area contributed by atoms with Crippen LogP contribution in [0.5, 0.6) is 0 Å². The Morgan fingerprint density at radius 1 is 1.29 bits per heavy atom. The molecule has 0 bridgehead atoms. The predicted molar refractivity (Wildman–Crippen MR) is 63.8 cm³/mol. The number of hydrogen-bond acceptors (Lipinski definition) is 2. The number of hydrogen-bond donors (Lipinski definition) is 0. The lowest BCUT2D eigenvalue weighted by molar-refractivity contribution is 0.103. The molecular formula is C13H9ClFNO. The van der Waals surface area contributed by atoms with Crippen molar-refractivity contribution in [1.82, 2.24) is 4.98 Å². The number of rotatable bonds is 2. The minimum absolute atomic E-state index is 0.0260. The zero-order chi connectivity index (χ0) is 12.4. The average molecular weight is 250 g/mol. The number of nitrogens with zero attached hydrogens (tertiary/aromatic N) is 1. The second kappa shape index (κ2) is 4.63. The molecule has 0 aliphatic heterocycles. The van der Waals surface area contributed by atoms with Crippen molar-refractivity contribution < 1.29 is 9.18 Å². The van der Waals surface area contributed by atoms with E-state index in [4.69, 9.17) is 11.6 Å². The molecule has 0 aliphatic carbocycles. The van der Waals surface area contributed by atoms with Crippen LogP contribution in [0.2, 0.25) is 5.02 Å². The summed E-state index contributed by atoms with van der Waals surface area (Å²) in [6.45, 7) is 1.80. The highest BCUT2D eigenvalue weighted by Gasteiger charge is 2.16. The van der Waals surface area contributed by atoms with Gasteiger partial charge >= 0.3 is 0 Å². The van der Waals surface area contributed by atoms with Crippen LogP contribution >= 0.6 is 11.6 Å². The molecule has 0 aliphatic rings. The number of ketones is 1. The highest BCUT2D eigenvalue weighted by Crippen LogP contribution is 2.20. The van der Waals surface area contributed by atoms with Crippen molar-refractivity contribution in [2.45, 2.75) is 6.92 Å². The smallest absolute Gasteiger partial charge is 0.197 e. The van der Waals surface area contributed by atoms with E-state index in [2.05, 4.69) is 4.98 Å². The summed E-state index contributed by atoms with van der Waals surface area (Å²) >= 11 is 5.86. The van der Waals surface area contributed by atoms with Gasteiger partial charge in [-0.1, -0.05) is 23.2 Å². The predicted octanol–water partition coefficient (Wildman–Crippen LogP) is 3.41. The highest BCUT2D eigenvalue weighted by atomic mass is 35.5. The topological polar surface area (TPSA) is 30.0 Å². The molecule has 0 saturated carbocycles. The molecule has 0 fully saturated rings. The van der Waals surface area contributed by atoms with Gasteiger partial charge in [-0.05, 0) is 25.1 Å². The van der Waals surface area contributed by atoms with Gasteiger partial charge in [-0.15, -0.1) is 0 Å². The first kappa shape index (κ1) is 11.7. The number of pyridine rings is 1. The number of aromatic nitrogens is 1. The van der Waals surface area contributed by atoms with E-state index in [1.165, 1.54) is 30.6 Å². The Bertz CT molecular complexity index is 583. The van der Waals surface area contributed by atoms with Crippen molar-refractivity contribution in [3.05, 3.63) is 64.2 Å². The Kier molecular flexibility index (Phi) is 3.20. The summed E-state index contributed by atoms with van der Waals surface area (Å²) in [5.74, 6) is -0.980. The number of benzene rings is 1. The molecule has 86 valence electrons. The fraction of sp³-hybridized carbons (Fsp3) is 0.0769. The first-order chi connectivity index (χ1) is 8.09. The molecule has 0 amide bonds. The number of carbonyl (C=O) groups excluding carboxylic acids is 1. The first-order valence-corrected chi connectivity index (χ1v) is 5.38. The summed E-state index contributed by atoms with van der Waals surface area (Å²) in [5, 5.41) is 0.221. The van der Waals surface area contributed by atoms with Crippen LogP contribution in [-0.2, 0) is 0 Å². The van der Waals surface area contributed by atoms with Gasteiger partial charge in [-0.2, -0.15) is 0 Å². The summed E-state index contributed by atoms with van der Waals surface area (Å²) in [6, 6.07) is 5.87. The fourth-order valence-electron chi connectivity index (χ4n) is 1.52. The van der Waals surface area contributed by atoms with Crippen LogP contribution in [0.4, 0.5) is 4.39 Å². The van der Waals surface area contributed by atoms with E-state index in [1.807, 2.05) is 0 Å². The third kappa shape index (κ3) is 2.34. The van der Waals surface area contributed by atoms with E-state index in [0.717, 1.165) is 5.56 Å². The molecule has 2 aromatic rings. The van der Waals surface area contributed by atoms with Gasteiger partial charge < -0.3 is 0 Å². The average Bonchev–Trinajstić information content (AvgIpc) is 2.32. The molecule has 4 heteroatoms. The summed E-state index contributed by atoms with van der Waals surface area (Å²) in [7, 11) is 0. The second-order valence-corrected chi connectivity index (χ2v) is 4.08. The Hall–Kier alpha value is -1.74. The van der Waals surface area contributed by atoms with E-state index in [0.29, 0.717) is 0 Å². The highest BCUT2D eigenvalue weighted by molar-refractivity contribution is 6.34. The molecule has 0 unspecified atom stereocenters. The maximum absolute atomic E-state index is 13.6. The van der Waals surface area contributed by atoms with E-state index in [1.54, 1.807) is 13.0 Å². The molecule has 0 saturated heterocycles. The van der Waals surface area contributed by atoms with Gasteiger partial charge in [0.05, 0.1) is 10.6 Å². The van der Waals surface area contributed by atoms with Gasteiger partial charge in [0, 0.05) is 18.0 Å². The van der Waals surface area contributed by atoms with Crippen molar-refractivity contribution in [2.24, 2.45) is 0 Å². The van der Waals surface area contributed by atoms with Crippen LogP contribution in [0, 0.1) is 12.7 Å². The summed E-state index contributed by atoms with van der Waals surface area (Å²) in [5.41, 5.74) is 1.10. The zero-order valence-electron chi connectivity index (χ0n) is 9.08. The third-order valence-electron chi connectivity index (χ3n) is 2.38. The minimum atomic E-state index is -0.548. The van der Waals surface area contributed by atoms with Crippen molar-refractivity contribution in [1.29, 1.82) is 0 Å². The van der Waals surface area contributed by atoms with E-state index in [-0.39, 0.29) is 16.1 Å². The fourth-order valence-corrected chi connectivity index (χ4v) is 1.72. The zero-order valence-corrected chi connectivity index (χ0v) is 9.83. The van der Waals surface area contributed by atoms with Crippen LogP contribution in [0.15, 0.2) is 36.7 Å². The first-order valence-electron chi connectivity index (χ1n) is 5.00. The van der Waals surface area contributed by atoms with Crippen LogP contribution in [0.3, 0.4) is 0 Å². The quantitative estimate of drug-likeness (QED) is 0.764. The van der Waals surface area contributed by atoms with Crippen molar-refractivity contribution >= 4 is 17.4 Å². The Morgan fingerprint density at radius 2 is 2.06 bits per heavy atom. The Labute approximate surface area is 103 Å². The Balaban J connectivity index is 2.51. The molecule has 1 aromatic heterocycles. The normalized spacial score (nSPS) is 10.3. The SMILES string of the molecule is Cc1ccc(F)c(C(=O)c2ccncc2Cl)c1. The molecule has 0 atom stereocenters. The monoisotopic (exact) mass is 249 g/mol. The molecular weight excluding hydrogens is 241 g/mol. The molecule has 0 radical (unpaired) electrons.